The molecule has 0 saturated heterocycles. The zero-order chi connectivity index (χ0) is 29.7. The minimum atomic E-state index is 1.04. The number of hydrogen-bond acceptors (Lipinski definition) is 0. The highest BCUT2D eigenvalue weighted by Crippen LogP contribution is 2.25. The lowest BCUT2D eigenvalue weighted by atomic mass is 9.89. The van der Waals surface area contributed by atoms with Crippen LogP contribution in [0.15, 0.2) is 0 Å². The monoisotopic (exact) mass is 577 g/mol. The van der Waals surface area contributed by atoms with E-state index in [1.165, 1.54) is 238 Å². The summed E-state index contributed by atoms with van der Waals surface area (Å²) in [5.41, 5.74) is 0. The molecule has 0 nitrogen and oxygen atoms in total. The third-order valence-corrected chi connectivity index (χ3v) is 9.90. The molecule has 0 saturated carbocycles. The van der Waals surface area contributed by atoms with Gasteiger partial charge in [-0.15, -0.1) is 0 Å². The molecule has 0 aliphatic carbocycles. The Balaban J connectivity index is 3.61. The summed E-state index contributed by atoms with van der Waals surface area (Å²) in [6, 6.07) is 0. The zero-order valence-corrected chi connectivity index (χ0v) is 29.7. The average molecular weight is 577 g/mol. The molecular weight excluding hydrogens is 492 g/mol. The molecule has 0 rings (SSSR count). The zero-order valence-electron chi connectivity index (χ0n) is 29.7. The van der Waals surface area contributed by atoms with E-state index in [1.54, 1.807) is 0 Å². The summed E-state index contributed by atoms with van der Waals surface area (Å²) in [6.45, 7) is 6.98. The fourth-order valence-electron chi connectivity index (χ4n) is 6.90. The van der Waals surface area contributed by atoms with Crippen LogP contribution in [0.3, 0.4) is 0 Å². The fraction of sp³-hybridized carbons (Fsp3) is 1.00. The average Bonchev–Trinajstić information content (AvgIpc) is 2.98. The molecule has 248 valence electrons. The number of hydrogen-bond donors (Lipinski definition) is 0. The van der Waals surface area contributed by atoms with E-state index in [-0.39, 0.29) is 0 Å². The normalized spacial score (nSPS) is 11.7. The van der Waals surface area contributed by atoms with Gasteiger partial charge in [-0.05, 0) is 5.92 Å². The summed E-state index contributed by atoms with van der Waals surface area (Å²) in [7, 11) is 0. The predicted molar refractivity (Wildman–Crippen MR) is 191 cm³/mol. The molecule has 0 amide bonds. The summed E-state index contributed by atoms with van der Waals surface area (Å²) in [4.78, 5) is 0. The second-order valence-corrected chi connectivity index (χ2v) is 14.2. The summed E-state index contributed by atoms with van der Waals surface area (Å²) >= 11 is 0. The minimum Gasteiger partial charge on any atom is -0.0654 e. The molecule has 0 heterocycles. The van der Waals surface area contributed by atoms with E-state index in [0.717, 1.165) is 5.92 Å². The van der Waals surface area contributed by atoms with E-state index in [9.17, 15) is 0 Å². The molecule has 0 radical (unpaired) electrons. The largest absolute Gasteiger partial charge is 0.0654 e. The molecular formula is C41H84. The van der Waals surface area contributed by atoms with Crippen LogP contribution in [-0.4, -0.2) is 0 Å². The van der Waals surface area contributed by atoms with Crippen LogP contribution >= 0.6 is 0 Å². The van der Waals surface area contributed by atoms with E-state index < -0.39 is 0 Å². The van der Waals surface area contributed by atoms with Crippen molar-refractivity contribution in [3.63, 3.8) is 0 Å². The molecule has 0 atom stereocenters. The van der Waals surface area contributed by atoms with Crippen LogP contribution in [0.25, 0.3) is 0 Å². The van der Waals surface area contributed by atoms with Gasteiger partial charge < -0.3 is 0 Å². The van der Waals surface area contributed by atoms with E-state index in [1.807, 2.05) is 0 Å². The molecule has 0 N–H and O–H groups in total. The van der Waals surface area contributed by atoms with Gasteiger partial charge in [-0.1, -0.05) is 258 Å². The second kappa shape index (κ2) is 38.0. The van der Waals surface area contributed by atoms with Gasteiger partial charge in [-0.25, -0.2) is 0 Å². The van der Waals surface area contributed by atoms with Crippen LogP contribution in [0, 0.1) is 5.92 Å². The lowest BCUT2D eigenvalue weighted by Gasteiger charge is -2.17. The van der Waals surface area contributed by atoms with Crippen LogP contribution < -0.4 is 0 Å². The first-order chi connectivity index (χ1) is 20.3. The molecule has 0 bridgehead atoms. The van der Waals surface area contributed by atoms with Crippen LogP contribution in [-0.2, 0) is 0 Å². The quantitative estimate of drug-likeness (QED) is 0.0645. The molecule has 0 aliphatic heterocycles. The highest BCUT2D eigenvalue weighted by molar-refractivity contribution is 4.62. The summed E-state index contributed by atoms with van der Waals surface area (Å²) < 4.78 is 0. The topological polar surface area (TPSA) is 0 Å². The Morgan fingerprint density at radius 2 is 0.341 bits per heavy atom. The molecule has 0 fully saturated rings. The maximum absolute atomic E-state index is 2.35. The molecule has 41 heavy (non-hydrogen) atoms. The third-order valence-electron chi connectivity index (χ3n) is 9.90. The Labute approximate surface area is 263 Å². The van der Waals surface area contributed by atoms with Crippen molar-refractivity contribution in [1.29, 1.82) is 0 Å². The first kappa shape index (κ1) is 41.0. The van der Waals surface area contributed by atoms with Crippen LogP contribution in [0.4, 0.5) is 0 Å². The van der Waals surface area contributed by atoms with Gasteiger partial charge in [0.25, 0.3) is 0 Å². The molecule has 0 aliphatic rings. The number of rotatable bonds is 37. The Bertz CT molecular complexity index is 392. The standard InChI is InChI=1S/C41H84/c1-4-7-10-13-15-17-19-21-23-25-27-29-31-33-36-39-41(38-35-12-9-6-3)40-37-34-32-30-28-26-24-22-20-18-16-14-11-8-5-2/h41H,4-40H2,1-3H3. The molecule has 0 spiro atoms. The van der Waals surface area contributed by atoms with Crippen LogP contribution in [0.2, 0.25) is 0 Å². The van der Waals surface area contributed by atoms with Crippen molar-refractivity contribution < 1.29 is 0 Å². The Morgan fingerprint density at radius 1 is 0.195 bits per heavy atom. The summed E-state index contributed by atoms with van der Waals surface area (Å²) in [6.07, 6.45) is 54.8. The predicted octanol–water partition coefficient (Wildman–Crippen LogP) is 16.1. The van der Waals surface area contributed by atoms with Crippen molar-refractivity contribution in [1.82, 2.24) is 0 Å². The summed E-state index contributed by atoms with van der Waals surface area (Å²) in [5.74, 6) is 1.04. The van der Waals surface area contributed by atoms with Crippen molar-refractivity contribution >= 4 is 0 Å². The smallest absolute Gasteiger partial charge is 0.0414 e. The second-order valence-electron chi connectivity index (χ2n) is 14.2. The van der Waals surface area contributed by atoms with Gasteiger partial charge in [0, 0.05) is 0 Å². The SMILES string of the molecule is CCCCCCCCCCCCCCCCCC(CCCCCC)CCCCCCCCCCCCCCCCC. The van der Waals surface area contributed by atoms with Gasteiger partial charge in [0.15, 0.2) is 0 Å². The minimum absolute atomic E-state index is 1.04. The maximum Gasteiger partial charge on any atom is -0.0414 e. The third kappa shape index (κ3) is 36.1. The van der Waals surface area contributed by atoms with Gasteiger partial charge in [0.05, 0.1) is 0 Å². The van der Waals surface area contributed by atoms with Gasteiger partial charge in [-0.2, -0.15) is 0 Å². The molecule has 0 unspecified atom stereocenters. The molecule has 0 aromatic rings. The number of unbranched alkanes of at least 4 members (excludes halogenated alkanes) is 31. The van der Waals surface area contributed by atoms with Gasteiger partial charge in [0.1, 0.15) is 0 Å². The van der Waals surface area contributed by atoms with E-state index in [4.69, 9.17) is 0 Å². The maximum atomic E-state index is 2.35. The Kier molecular flexibility index (Phi) is 38.0. The van der Waals surface area contributed by atoms with Crippen LogP contribution in [0.5, 0.6) is 0 Å². The molecule has 0 aromatic carbocycles. The Morgan fingerprint density at radius 3 is 0.537 bits per heavy atom. The first-order valence-corrected chi connectivity index (χ1v) is 20.3. The highest BCUT2D eigenvalue weighted by Gasteiger charge is 2.08. The van der Waals surface area contributed by atoms with Gasteiger partial charge in [-0.3, -0.25) is 0 Å². The Hall–Kier alpha value is 0. The lowest BCUT2D eigenvalue weighted by Crippen LogP contribution is -2.01. The summed E-state index contributed by atoms with van der Waals surface area (Å²) in [5, 5.41) is 0. The van der Waals surface area contributed by atoms with E-state index in [2.05, 4.69) is 20.8 Å². The van der Waals surface area contributed by atoms with Crippen molar-refractivity contribution in [2.75, 3.05) is 0 Å². The van der Waals surface area contributed by atoms with Gasteiger partial charge in [0.2, 0.25) is 0 Å². The van der Waals surface area contributed by atoms with Crippen molar-refractivity contribution in [2.45, 2.75) is 258 Å². The molecule has 0 aromatic heterocycles. The van der Waals surface area contributed by atoms with Crippen molar-refractivity contribution in [2.24, 2.45) is 5.92 Å². The first-order valence-electron chi connectivity index (χ1n) is 20.3. The lowest BCUT2D eigenvalue weighted by molar-refractivity contribution is 0.366. The highest BCUT2D eigenvalue weighted by atomic mass is 14.1. The van der Waals surface area contributed by atoms with Crippen molar-refractivity contribution in [3.8, 4) is 0 Å². The van der Waals surface area contributed by atoms with Crippen LogP contribution in [0.1, 0.15) is 258 Å². The fourth-order valence-corrected chi connectivity index (χ4v) is 6.90. The van der Waals surface area contributed by atoms with Gasteiger partial charge >= 0.3 is 0 Å². The van der Waals surface area contributed by atoms with E-state index >= 15 is 0 Å². The van der Waals surface area contributed by atoms with Crippen molar-refractivity contribution in [3.05, 3.63) is 0 Å². The molecule has 0 heteroatoms. The van der Waals surface area contributed by atoms with E-state index in [0.29, 0.717) is 0 Å².